The van der Waals surface area contributed by atoms with Gasteiger partial charge in [0.1, 0.15) is 6.54 Å². The minimum absolute atomic E-state index is 0.0693. The molecule has 2 rings (SSSR count). The number of carbonyl (C=O) groups excluding carboxylic acids is 3. The van der Waals surface area contributed by atoms with E-state index >= 15 is 0 Å². The average Bonchev–Trinajstić information content (AvgIpc) is 2.82. The lowest BCUT2D eigenvalue weighted by Gasteiger charge is -2.04. The maximum Gasteiger partial charge on any atom is 0.337 e. The van der Waals surface area contributed by atoms with Crippen LogP contribution in [-0.2, 0) is 25.6 Å². The van der Waals surface area contributed by atoms with Gasteiger partial charge in [0.25, 0.3) is 0 Å². The number of aromatic nitrogens is 1. The monoisotopic (exact) mass is 322 g/mol. The van der Waals surface area contributed by atoms with E-state index in [2.05, 4.69) is 14.5 Å². The average molecular weight is 322 g/mol. The van der Waals surface area contributed by atoms with Crippen LogP contribution in [0.4, 0.5) is 0 Å². The van der Waals surface area contributed by atoms with E-state index < -0.39 is 11.9 Å². The summed E-state index contributed by atoms with van der Waals surface area (Å²) < 4.78 is 11.6. The molecule has 1 heterocycles. The maximum atomic E-state index is 11.6. The molecule has 0 radical (unpaired) electrons. The molecule has 7 nitrogen and oxygen atoms in total. The predicted molar refractivity (Wildman–Crippen MR) is 79.4 cm³/mol. The Bertz CT molecular complexity index is 818. The number of benzene rings is 1. The summed E-state index contributed by atoms with van der Waals surface area (Å²) in [5.74, 6) is -1.29. The molecule has 0 atom stereocenters. The highest BCUT2D eigenvalue weighted by molar-refractivity contribution is 7.16. The third-order valence-electron chi connectivity index (χ3n) is 2.87. The lowest BCUT2D eigenvalue weighted by atomic mass is 10.2. The Balaban J connectivity index is 2.66. The van der Waals surface area contributed by atoms with Crippen LogP contribution in [0.5, 0.6) is 0 Å². The van der Waals surface area contributed by atoms with E-state index in [-0.39, 0.29) is 12.5 Å². The molecule has 0 N–H and O–H groups in total. The minimum atomic E-state index is -0.458. The van der Waals surface area contributed by atoms with Crippen LogP contribution >= 0.6 is 11.3 Å². The molecule has 0 aliphatic carbocycles. The van der Waals surface area contributed by atoms with E-state index in [4.69, 9.17) is 0 Å². The van der Waals surface area contributed by atoms with Crippen LogP contribution < -0.4 is 4.80 Å². The van der Waals surface area contributed by atoms with E-state index in [1.54, 1.807) is 22.8 Å². The molecule has 0 aliphatic rings. The van der Waals surface area contributed by atoms with Gasteiger partial charge in [0.2, 0.25) is 5.91 Å². The van der Waals surface area contributed by atoms with E-state index in [0.29, 0.717) is 20.6 Å². The van der Waals surface area contributed by atoms with Crippen LogP contribution in [0.3, 0.4) is 0 Å². The number of thiazole rings is 1. The van der Waals surface area contributed by atoms with Crippen LogP contribution in [0, 0.1) is 0 Å². The van der Waals surface area contributed by atoms with Gasteiger partial charge in [-0.1, -0.05) is 11.3 Å². The van der Waals surface area contributed by atoms with Crippen LogP contribution in [0.1, 0.15) is 17.3 Å². The van der Waals surface area contributed by atoms with Crippen molar-refractivity contribution in [2.45, 2.75) is 13.5 Å². The second kappa shape index (κ2) is 6.52. The van der Waals surface area contributed by atoms with E-state index in [0.717, 1.165) is 0 Å². The first-order valence-corrected chi connectivity index (χ1v) is 7.11. The Hall–Kier alpha value is -2.48. The van der Waals surface area contributed by atoms with Gasteiger partial charge in [0, 0.05) is 6.92 Å². The van der Waals surface area contributed by atoms with Gasteiger partial charge in [-0.05, 0) is 18.2 Å². The highest BCUT2D eigenvalue weighted by Crippen LogP contribution is 2.20. The minimum Gasteiger partial charge on any atom is -0.468 e. The van der Waals surface area contributed by atoms with E-state index in [1.165, 1.54) is 32.5 Å². The van der Waals surface area contributed by atoms with Crippen LogP contribution in [-0.4, -0.2) is 36.6 Å². The van der Waals surface area contributed by atoms with Gasteiger partial charge in [0.15, 0.2) is 4.80 Å². The molecule has 0 aliphatic heterocycles. The first-order valence-electron chi connectivity index (χ1n) is 6.30. The number of ether oxygens (including phenoxy) is 2. The number of amides is 1. The highest BCUT2D eigenvalue weighted by atomic mass is 32.1. The fourth-order valence-corrected chi connectivity index (χ4v) is 3.00. The fourth-order valence-electron chi connectivity index (χ4n) is 1.88. The number of nitrogens with zero attached hydrogens (tertiary/aromatic N) is 2. The summed E-state index contributed by atoms with van der Waals surface area (Å²) in [6.45, 7) is 1.26. The molecule has 0 fully saturated rings. The molecule has 1 aromatic carbocycles. The van der Waals surface area contributed by atoms with Crippen molar-refractivity contribution in [3.05, 3.63) is 28.6 Å². The zero-order valence-corrected chi connectivity index (χ0v) is 13.1. The van der Waals surface area contributed by atoms with Crippen LogP contribution in [0.15, 0.2) is 23.2 Å². The van der Waals surface area contributed by atoms with E-state index in [9.17, 15) is 14.4 Å². The summed E-state index contributed by atoms with van der Waals surface area (Å²) in [6, 6.07) is 4.91. The summed E-state index contributed by atoms with van der Waals surface area (Å²) in [6.07, 6.45) is 0. The molecule has 8 heteroatoms. The zero-order chi connectivity index (χ0) is 16.3. The molecule has 0 unspecified atom stereocenters. The molecular formula is C14H14N2O5S. The summed E-state index contributed by atoms with van der Waals surface area (Å²) >= 11 is 1.21. The number of fused-ring (bicyclic) bond motifs is 1. The molecule has 116 valence electrons. The lowest BCUT2D eigenvalue weighted by molar-refractivity contribution is -0.141. The molecule has 1 aromatic heterocycles. The smallest absolute Gasteiger partial charge is 0.337 e. The molecule has 0 bridgehead atoms. The van der Waals surface area contributed by atoms with Gasteiger partial charge in [-0.2, -0.15) is 4.99 Å². The van der Waals surface area contributed by atoms with Crippen molar-refractivity contribution in [2.24, 2.45) is 4.99 Å². The number of hydrogen-bond acceptors (Lipinski definition) is 6. The summed E-state index contributed by atoms with van der Waals surface area (Å²) in [5.41, 5.74) is 1.07. The largest absolute Gasteiger partial charge is 0.468 e. The van der Waals surface area contributed by atoms with Gasteiger partial charge in [-0.25, -0.2) is 4.79 Å². The van der Waals surface area contributed by atoms with Crippen LogP contribution in [0.2, 0.25) is 0 Å². The quantitative estimate of drug-likeness (QED) is 0.790. The normalized spacial score (nSPS) is 11.5. The van der Waals surface area contributed by atoms with Crippen LogP contribution in [0.25, 0.3) is 10.2 Å². The molecule has 22 heavy (non-hydrogen) atoms. The summed E-state index contributed by atoms with van der Waals surface area (Å²) in [5, 5.41) is 0. The Labute approximate surface area is 129 Å². The van der Waals surface area contributed by atoms with Gasteiger partial charge in [0.05, 0.1) is 30.0 Å². The molecule has 2 aromatic rings. The van der Waals surface area contributed by atoms with Crippen molar-refractivity contribution in [2.75, 3.05) is 14.2 Å². The Morgan fingerprint density at radius 2 is 1.95 bits per heavy atom. The standard InChI is InChI=1S/C14H14N2O5S/c1-8(17)15-14-16(7-12(18)20-2)10-5-4-9(13(19)21-3)6-11(10)22-14/h4-6H,7H2,1-3H3. The number of esters is 2. The first kappa shape index (κ1) is 15.9. The third-order valence-corrected chi connectivity index (χ3v) is 3.91. The number of hydrogen-bond donors (Lipinski definition) is 0. The first-order chi connectivity index (χ1) is 10.5. The Morgan fingerprint density at radius 3 is 2.55 bits per heavy atom. The van der Waals surface area contributed by atoms with Crippen molar-refractivity contribution in [3.63, 3.8) is 0 Å². The lowest BCUT2D eigenvalue weighted by Crippen LogP contribution is -2.22. The molecule has 0 spiro atoms. The SMILES string of the molecule is COC(=O)Cn1c(=NC(C)=O)sc2cc(C(=O)OC)ccc21. The zero-order valence-electron chi connectivity index (χ0n) is 12.3. The van der Waals surface area contributed by atoms with E-state index in [1.807, 2.05) is 0 Å². The molecule has 1 amide bonds. The topological polar surface area (TPSA) is 87.0 Å². The predicted octanol–water partition coefficient (Wildman–Crippen LogP) is 1.11. The fraction of sp³-hybridized carbons (Fsp3) is 0.286. The summed E-state index contributed by atoms with van der Waals surface area (Å²) in [7, 11) is 2.59. The van der Waals surface area contributed by atoms with Gasteiger partial charge < -0.3 is 14.0 Å². The number of methoxy groups -OCH3 is 2. The number of rotatable bonds is 3. The van der Waals surface area contributed by atoms with Crippen molar-refractivity contribution < 1.29 is 23.9 Å². The van der Waals surface area contributed by atoms with Crippen molar-refractivity contribution in [1.29, 1.82) is 0 Å². The Morgan fingerprint density at radius 1 is 1.23 bits per heavy atom. The third kappa shape index (κ3) is 3.22. The summed E-state index contributed by atoms with van der Waals surface area (Å²) in [4.78, 5) is 38.6. The van der Waals surface area contributed by atoms with Crippen molar-refractivity contribution >= 4 is 39.4 Å². The Kier molecular flexibility index (Phi) is 4.71. The van der Waals surface area contributed by atoms with Crippen molar-refractivity contribution in [3.8, 4) is 0 Å². The molecular weight excluding hydrogens is 308 g/mol. The van der Waals surface area contributed by atoms with Crippen molar-refractivity contribution in [1.82, 2.24) is 4.57 Å². The second-order valence-electron chi connectivity index (χ2n) is 4.35. The van der Waals surface area contributed by atoms with Gasteiger partial charge >= 0.3 is 11.9 Å². The van der Waals surface area contributed by atoms with Gasteiger partial charge in [-0.15, -0.1) is 0 Å². The van der Waals surface area contributed by atoms with Gasteiger partial charge in [-0.3, -0.25) is 9.59 Å². The maximum absolute atomic E-state index is 11.6. The second-order valence-corrected chi connectivity index (χ2v) is 5.36. The highest BCUT2D eigenvalue weighted by Gasteiger charge is 2.13. The number of carbonyl (C=O) groups is 3. The molecule has 0 saturated heterocycles. The molecule has 0 saturated carbocycles.